The molecule has 88 valence electrons. The second-order valence-corrected chi connectivity index (χ2v) is 5.14. The standard InChI is InChI=1S/C9H17N2O4/c1-6-7(15-11(13)14)9(4,5)10(12)8(6,2)3/h6-7H,1-5H3/q-1. The van der Waals surface area contributed by atoms with Crippen LogP contribution in [0, 0.1) is 21.2 Å². The summed E-state index contributed by atoms with van der Waals surface area (Å²) in [5.74, 6) is -0.199. The highest BCUT2D eigenvalue weighted by molar-refractivity contribution is 5.10. The molecule has 1 rings (SSSR count). The van der Waals surface area contributed by atoms with Crippen molar-refractivity contribution in [2.75, 3.05) is 0 Å². The van der Waals surface area contributed by atoms with E-state index in [1.54, 1.807) is 34.6 Å². The molecule has 1 heterocycles. The van der Waals surface area contributed by atoms with Gasteiger partial charge in [0, 0.05) is 17.0 Å². The lowest BCUT2D eigenvalue weighted by Crippen LogP contribution is -2.47. The average molecular weight is 217 g/mol. The minimum atomic E-state index is -0.879. The predicted octanol–water partition coefficient (Wildman–Crippen LogP) is 1.57. The molecule has 0 saturated carbocycles. The number of hydrogen-bond acceptors (Lipinski definition) is 5. The molecule has 6 heteroatoms. The fourth-order valence-corrected chi connectivity index (χ4v) is 2.34. The van der Waals surface area contributed by atoms with Crippen molar-refractivity contribution in [2.45, 2.75) is 51.8 Å². The molecule has 2 atom stereocenters. The summed E-state index contributed by atoms with van der Waals surface area (Å²) >= 11 is 0. The van der Waals surface area contributed by atoms with E-state index in [-0.39, 0.29) is 5.92 Å². The van der Waals surface area contributed by atoms with Gasteiger partial charge in [0.05, 0.1) is 0 Å². The third kappa shape index (κ3) is 1.68. The lowest BCUT2D eigenvalue weighted by atomic mass is 9.86. The average Bonchev–Trinajstić information content (AvgIpc) is 2.18. The van der Waals surface area contributed by atoms with Crippen molar-refractivity contribution in [2.24, 2.45) is 5.92 Å². The van der Waals surface area contributed by atoms with Gasteiger partial charge in [0.2, 0.25) is 0 Å². The summed E-state index contributed by atoms with van der Waals surface area (Å²) in [6, 6.07) is 0. The molecule has 0 radical (unpaired) electrons. The van der Waals surface area contributed by atoms with E-state index in [1.165, 1.54) is 0 Å². The summed E-state index contributed by atoms with van der Waals surface area (Å²) in [4.78, 5) is 15.0. The van der Waals surface area contributed by atoms with E-state index in [2.05, 4.69) is 4.84 Å². The van der Waals surface area contributed by atoms with E-state index in [4.69, 9.17) is 0 Å². The molecule has 1 fully saturated rings. The topological polar surface area (TPSA) is 78.7 Å². The van der Waals surface area contributed by atoms with Crippen LogP contribution in [0.15, 0.2) is 0 Å². The van der Waals surface area contributed by atoms with Crippen LogP contribution in [0.4, 0.5) is 0 Å². The van der Waals surface area contributed by atoms with Crippen LogP contribution in [-0.4, -0.2) is 27.3 Å². The predicted molar refractivity (Wildman–Crippen MR) is 54.4 cm³/mol. The Bertz CT molecular complexity index is 277. The van der Waals surface area contributed by atoms with Crippen LogP contribution < -0.4 is 0 Å². The van der Waals surface area contributed by atoms with Crippen molar-refractivity contribution in [3.8, 4) is 0 Å². The Morgan fingerprint density at radius 2 is 1.73 bits per heavy atom. The Morgan fingerprint density at radius 1 is 1.27 bits per heavy atom. The molecule has 0 N–H and O–H groups in total. The molecule has 0 aliphatic carbocycles. The van der Waals surface area contributed by atoms with E-state index in [1.807, 2.05) is 0 Å². The Morgan fingerprint density at radius 3 is 2.00 bits per heavy atom. The Kier molecular flexibility index (Phi) is 2.69. The largest absolute Gasteiger partial charge is 0.784 e. The number of hydrogen-bond donors (Lipinski definition) is 0. The zero-order valence-electron chi connectivity index (χ0n) is 9.68. The Labute approximate surface area is 88.9 Å². The van der Waals surface area contributed by atoms with E-state index in [0.717, 1.165) is 5.06 Å². The molecule has 0 bridgehead atoms. The maximum atomic E-state index is 12.0. The van der Waals surface area contributed by atoms with Crippen LogP contribution in [-0.2, 0) is 4.84 Å². The van der Waals surface area contributed by atoms with Gasteiger partial charge < -0.3 is 15.1 Å². The number of rotatable bonds is 2. The third-order valence-electron chi connectivity index (χ3n) is 3.51. The SMILES string of the molecule is CC1C(O[N+](=O)[O-])C(C)(C)N([O-])C1(C)C. The van der Waals surface area contributed by atoms with Crippen molar-refractivity contribution in [3.05, 3.63) is 15.3 Å². The van der Waals surface area contributed by atoms with Gasteiger partial charge in [0.25, 0.3) is 5.09 Å². The highest BCUT2D eigenvalue weighted by Crippen LogP contribution is 2.45. The molecule has 0 spiro atoms. The molecule has 0 aromatic carbocycles. The molecule has 1 aliphatic heterocycles. The van der Waals surface area contributed by atoms with E-state index in [9.17, 15) is 15.3 Å². The van der Waals surface area contributed by atoms with Gasteiger partial charge >= 0.3 is 0 Å². The highest BCUT2D eigenvalue weighted by atomic mass is 17.0. The summed E-state index contributed by atoms with van der Waals surface area (Å²) in [5, 5.41) is 22.4. The van der Waals surface area contributed by atoms with Crippen molar-refractivity contribution in [3.63, 3.8) is 0 Å². The summed E-state index contributed by atoms with van der Waals surface area (Å²) in [7, 11) is 0. The minimum absolute atomic E-state index is 0.199. The normalized spacial score (nSPS) is 34.0. The van der Waals surface area contributed by atoms with Gasteiger partial charge in [-0.1, -0.05) is 6.92 Å². The molecule has 0 aromatic rings. The van der Waals surface area contributed by atoms with Crippen molar-refractivity contribution < 1.29 is 9.92 Å². The zero-order chi connectivity index (χ0) is 12.0. The van der Waals surface area contributed by atoms with Crippen LogP contribution in [0.5, 0.6) is 0 Å². The second kappa shape index (κ2) is 3.31. The van der Waals surface area contributed by atoms with Crippen LogP contribution in [0.1, 0.15) is 34.6 Å². The highest BCUT2D eigenvalue weighted by Gasteiger charge is 2.53. The first-order chi connectivity index (χ1) is 6.61. The first-order valence-electron chi connectivity index (χ1n) is 4.90. The first kappa shape index (κ1) is 12.2. The monoisotopic (exact) mass is 217 g/mol. The smallest absolute Gasteiger partial charge is 0.294 e. The molecule has 2 unspecified atom stereocenters. The van der Waals surface area contributed by atoms with Gasteiger partial charge in [-0.2, -0.15) is 0 Å². The fraction of sp³-hybridized carbons (Fsp3) is 1.00. The Hall–Kier alpha value is -0.880. The summed E-state index contributed by atoms with van der Waals surface area (Å²) < 4.78 is 0. The van der Waals surface area contributed by atoms with Gasteiger partial charge in [-0.3, -0.25) is 0 Å². The van der Waals surface area contributed by atoms with Gasteiger partial charge in [0.15, 0.2) is 0 Å². The molecule has 15 heavy (non-hydrogen) atoms. The van der Waals surface area contributed by atoms with E-state index < -0.39 is 22.3 Å². The Balaban J connectivity index is 3.02. The van der Waals surface area contributed by atoms with Crippen LogP contribution in [0.2, 0.25) is 0 Å². The van der Waals surface area contributed by atoms with Crippen LogP contribution in [0.3, 0.4) is 0 Å². The summed E-state index contributed by atoms with van der Waals surface area (Å²) in [5.41, 5.74) is -1.53. The second-order valence-electron chi connectivity index (χ2n) is 5.14. The van der Waals surface area contributed by atoms with Crippen molar-refractivity contribution in [1.29, 1.82) is 0 Å². The lowest BCUT2D eigenvalue weighted by Gasteiger charge is -2.47. The molecule has 0 aromatic heterocycles. The zero-order valence-corrected chi connectivity index (χ0v) is 9.68. The number of hydroxylamine groups is 2. The molecular weight excluding hydrogens is 200 g/mol. The molecule has 0 amide bonds. The van der Waals surface area contributed by atoms with Gasteiger partial charge in [-0.05, 0) is 27.7 Å². The van der Waals surface area contributed by atoms with E-state index in [0.29, 0.717) is 0 Å². The van der Waals surface area contributed by atoms with Crippen molar-refractivity contribution in [1.82, 2.24) is 5.06 Å². The summed E-state index contributed by atoms with van der Waals surface area (Å²) in [6.45, 7) is 8.68. The lowest BCUT2D eigenvalue weighted by molar-refractivity contribution is -0.772. The summed E-state index contributed by atoms with van der Waals surface area (Å²) in [6.07, 6.45) is -0.694. The fourth-order valence-electron chi connectivity index (χ4n) is 2.34. The van der Waals surface area contributed by atoms with Gasteiger partial charge in [-0.25, -0.2) is 0 Å². The van der Waals surface area contributed by atoms with E-state index >= 15 is 0 Å². The minimum Gasteiger partial charge on any atom is -0.784 e. The van der Waals surface area contributed by atoms with Crippen molar-refractivity contribution >= 4 is 0 Å². The maximum absolute atomic E-state index is 12.0. The first-order valence-corrected chi connectivity index (χ1v) is 4.90. The van der Waals surface area contributed by atoms with Gasteiger partial charge in [0.1, 0.15) is 6.10 Å². The molecular formula is C9H17N2O4-. The maximum Gasteiger partial charge on any atom is 0.294 e. The molecule has 1 saturated heterocycles. The molecule has 1 aliphatic rings. The number of nitrogens with zero attached hydrogens (tertiary/aromatic N) is 2. The third-order valence-corrected chi connectivity index (χ3v) is 3.51. The molecule has 6 nitrogen and oxygen atoms in total. The quantitative estimate of drug-likeness (QED) is 0.518. The van der Waals surface area contributed by atoms with Crippen LogP contribution in [0.25, 0.3) is 0 Å². The van der Waals surface area contributed by atoms with Gasteiger partial charge in [-0.15, -0.1) is 10.1 Å². The van der Waals surface area contributed by atoms with Crippen LogP contribution >= 0.6 is 0 Å².